The van der Waals surface area contributed by atoms with Crippen molar-refractivity contribution in [2.24, 2.45) is 11.1 Å². The van der Waals surface area contributed by atoms with Crippen molar-refractivity contribution in [3.05, 3.63) is 29.8 Å². The number of benzene rings is 1. The lowest BCUT2D eigenvalue weighted by Gasteiger charge is -2.22. The summed E-state index contributed by atoms with van der Waals surface area (Å²) in [4.78, 5) is 14.5. The quantitative estimate of drug-likeness (QED) is 0.831. The van der Waals surface area contributed by atoms with E-state index in [9.17, 15) is 13.2 Å². The molecule has 7 heteroatoms. The summed E-state index contributed by atoms with van der Waals surface area (Å²) in [5, 5.41) is 0. The number of hydrogen-bond acceptors (Lipinski definition) is 5. The third-order valence-electron chi connectivity index (χ3n) is 4.35. The molecule has 1 aromatic rings. The molecule has 23 heavy (non-hydrogen) atoms. The Hall–Kier alpha value is -1.44. The molecular formula is C16H24N2O4S. The fourth-order valence-corrected chi connectivity index (χ4v) is 3.83. The maximum Gasteiger partial charge on any atom is 0.253 e. The van der Waals surface area contributed by atoms with E-state index in [2.05, 4.69) is 6.92 Å². The van der Waals surface area contributed by atoms with E-state index in [-0.39, 0.29) is 28.6 Å². The summed E-state index contributed by atoms with van der Waals surface area (Å²) in [7, 11) is -1.91. The zero-order valence-electron chi connectivity index (χ0n) is 13.6. The van der Waals surface area contributed by atoms with Gasteiger partial charge in [0, 0.05) is 25.8 Å². The maximum absolute atomic E-state index is 12.5. The molecule has 2 N–H and O–H groups in total. The minimum atomic E-state index is -3.37. The summed E-state index contributed by atoms with van der Waals surface area (Å²) in [5.74, 6) is -0.152. The Kier molecular flexibility index (Phi) is 5.44. The summed E-state index contributed by atoms with van der Waals surface area (Å²) in [6, 6.07) is 6.10. The first-order chi connectivity index (χ1) is 10.8. The minimum absolute atomic E-state index is 0.0287. The molecule has 0 aliphatic carbocycles. The summed E-state index contributed by atoms with van der Waals surface area (Å²) in [6.45, 7) is 4.09. The zero-order valence-corrected chi connectivity index (χ0v) is 14.4. The molecule has 1 unspecified atom stereocenters. The van der Waals surface area contributed by atoms with E-state index in [1.54, 1.807) is 17.0 Å². The number of rotatable bonds is 6. The molecule has 0 bridgehead atoms. The minimum Gasteiger partial charge on any atom is -0.384 e. The van der Waals surface area contributed by atoms with Gasteiger partial charge < -0.3 is 15.4 Å². The van der Waals surface area contributed by atoms with Crippen LogP contribution in [0.4, 0.5) is 0 Å². The van der Waals surface area contributed by atoms with Gasteiger partial charge in [-0.05, 0) is 42.6 Å². The number of carbonyl (C=O) groups excluding carboxylic acids is 1. The van der Waals surface area contributed by atoms with Crippen molar-refractivity contribution in [2.45, 2.75) is 18.2 Å². The predicted octanol–water partition coefficient (Wildman–Crippen LogP) is 0.918. The molecule has 1 aliphatic rings. The predicted molar refractivity (Wildman–Crippen MR) is 88.1 cm³/mol. The second-order valence-electron chi connectivity index (χ2n) is 6.33. The van der Waals surface area contributed by atoms with Gasteiger partial charge in [-0.3, -0.25) is 4.79 Å². The molecule has 0 saturated carbocycles. The van der Waals surface area contributed by atoms with Crippen LogP contribution in [-0.2, 0) is 14.6 Å². The lowest BCUT2D eigenvalue weighted by molar-refractivity contribution is 0.0777. The number of ether oxygens (including phenoxy) is 1. The van der Waals surface area contributed by atoms with Crippen LogP contribution in [0.3, 0.4) is 0 Å². The number of nitrogens with zero attached hydrogens (tertiary/aromatic N) is 1. The number of amides is 1. The number of nitrogens with two attached hydrogens (primary N) is 1. The van der Waals surface area contributed by atoms with Crippen molar-refractivity contribution in [3.8, 4) is 0 Å². The Labute approximate surface area is 137 Å². The molecule has 2 rings (SSSR count). The average Bonchev–Trinajstić information content (AvgIpc) is 2.95. The van der Waals surface area contributed by atoms with E-state index in [1.807, 2.05) is 0 Å². The molecule has 0 aromatic heterocycles. The van der Waals surface area contributed by atoms with Crippen LogP contribution in [0, 0.1) is 5.41 Å². The van der Waals surface area contributed by atoms with E-state index in [0.29, 0.717) is 25.2 Å². The van der Waals surface area contributed by atoms with Gasteiger partial charge in [0.1, 0.15) is 0 Å². The second-order valence-corrected chi connectivity index (χ2v) is 8.44. The third-order valence-corrected chi connectivity index (χ3v) is 6.05. The van der Waals surface area contributed by atoms with Crippen molar-refractivity contribution in [1.82, 2.24) is 4.90 Å². The van der Waals surface area contributed by atoms with Gasteiger partial charge in [-0.25, -0.2) is 8.42 Å². The van der Waals surface area contributed by atoms with Gasteiger partial charge in [-0.15, -0.1) is 0 Å². The Morgan fingerprint density at radius 2 is 2.00 bits per heavy atom. The van der Waals surface area contributed by atoms with Gasteiger partial charge in [-0.1, -0.05) is 6.92 Å². The average molecular weight is 340 g/mol. The summed E-state index contributed by atoms with van der Waals surface area (Å²) < 4.78 is 28.9. The monoisotopic (exact) mass is 340 g/mol. The number of likely N-dealkylation sites (tertiary alicyclic amines) is 1. The van der Waals surface area contributed by atoms with E-state index < -0.39 is 9.84 Å². The Morgan fingerprint density at radius 3 is 2.52 bits per heavy atom. The highest BCUT2D eigenvalue weighted by Gasteiger charge is 2.35. The number of sulfone groups is 1. The summed E-state index contributed by atoms with van der Waals surface area (Å²) in [5.41, 5.74) is 6.23. The Balaban J connectivity index is 2.09. The van der Waals surface area contributed by atoms with Gasteiger partial charge in [0.2, 0.25) is 0 Å². The molecule has 1 amide bonds. The van der Waals surface area contributed by atoms with Gasteiger partial charge >= 0.3 is 0 Å². The van der Waals surface area contributed by atoms with Gasteiger partial charge in [0.15, 0.2) is 9.84 Å². The van der Waals surface area contributed by atoms with Crippen molar-refractivity contribution >= 4 is 15.7 Å². The third kappa shape index (κ3) is 4.10. The summed E-state index contributed by atoms with van der Waals surface area (Å²) >= 11 is 0. The highest BCUT2D eigenvalue weighted by Crippen LogP contribution is 2.29. The first-order valence-electron chi connectivity index (χ1n) is 7.62. The summed E-state index contributed by atoms with van der Waals surface area (Å²) in [6.07, 6.45) is 0.888. The first kappa shape index (κ1) is 17.9. The van der Waals surface area contributed by atoms with Crippen LogP contribution < -0.4 is 5.73 Å². The lowest BCUT2D eigenvalue weighted by Crippen LogP contribution is -2.34. The highest BCUT2D eigenvalue weighted by atomic mass is 32.2. The molecule has 1 saturated heterocycles. The van der Waals surface area contributed by atoms with Crippen LogP contribution in [0.15, 0.2) is 29.2 Å². The van der Waals surface area contributed by atoms with E-state index >= 15 is 0 Å². The zero-order chi connectivity index (χ0) is 17.1. The van der Waals surface area contributed by atoms with Crippen LogP contribution >= 0.6 is 0 Å². The number of methoxy groups -OCH3 is 1. The standard InChI is InChI=1S/C16H24N2O4S/c1-16(11-17)7-8-18(12-16)15(19)13-3-5-14(6-4-13)23(20,21)10-9-22-2/h3-6H,7-12,17H2,1-2H3. The Morgan fingerprint density at radius 1 is 1.35 bits per heavy atom. The lowest BCUT2D eigenvalue weighted by atomic mass is 9.90. The van der Waals surface area contributed by atoms with Gasteiger partial charge in [-0.2, -0.15) is 0 Å². The molecule has 1 atom stereocenters. The fraction of sp³-hybridized carbons (Fsp3) is 0.562. The highest BCUT2D eigenvalue weighted by molar-refractivity contribution is 7.91. The second kappa shape index (κ2) is 6.98. The molecule has 1 aromatic carbocycles. The maximum atomic E-state index is 12.5. The number of hydrogen-bond donors (Lipinski definition) is 1. The van der Waals surface area contributed by atoms with Crippen LogP contribution in [-0.4, -0.2) is 58.3 Å². The van der Waals surface area contributed by atoms with E-state index in [1.165, 1.54) is 19.2 Å². The van der Waals surface area contributed by atoms with Crippen molar-refractivity contribution in [1.29, 1.82) is 0 Å². The molecule has 0 radical (unpaired) electrons. The molecule has 0 spiro atoms. The normalized spacial score (nSPS) is 21.6. The van der Waals surface area contributed by atoms with E-state index in [0.717, 1.165) is 6.42 Å². The van der Waals surface area contributed by atoms with Crippen LogP contribution in [0.1, 0.15) is 23.7 Å². The van der Waals surface area contributed by atoms with Crippen molar-refractivity contribution in [3.63, 3.8) is 0 Å². The smallest absolute Gasteiger partial charge is 0.253 e. The van der Waals surface area contributed by atoms with Crippen molar-refractivity contribution in [2.75, 3.05) is 39.1 Å². The van der Waals surface area contributed by atoms with Crippen molar-refractivity contribution < 1.29 is 17.9 Å². The molecule has 1 aliphatic heterocycles. The largest absolute Gasteiger partial charge is 0.384 e. The van der Waals surface area contributed by atoms with Gasteiger partial charge in [0.05, 0.1) is 17.3 Å². The van der Waals surface area contributed by atoms with E-state index in [4.69, 9.17) is 10.5 Å². The molecular weight excluding hydrogens is 316 g/mol. The Bertz CT molecular complexity index is 657. The first-order valence-corrected chi connectivity index (χ1v) is 9.28. The topological polar surface area (TPSA) is 89.7 Å². The molecule has 1 fully saturated rings. The fourth-order valence-electron chi connectivity index (χ4n) is 2.66. The van der Waals surface area contributed by atoms with Crippen LogP contribution in [0.5, 0.6) is 0 Å². The number of carbonyl (C=O) groups is 1. The van der Waals surface area contributed by atoms with Crippen LogP contribution in [0.25, 0.3) is 0 Å². The molecule has 128 valence electrons. The molecule has 1 heterocycles. The van der Waals surface area contributed by atoms with Gasteiger partial charge in [0.25, 0.3) is 5.91 Å². The SMILES string of the molecule is COCCS(=O)(=O)c1ccc(C(=O)N2CCC(C)(CN)C2)cc1. The molecule has 6 nitrogen and oxygen atoms in total. The van der Waals surface area contributed by atoms with Crippen LogP contribution in [0.2, 0.25) is 0 Å².